The number of carbonyl (C=O) groups excluding carboxylic acids is 2. The fourth-order valence-corrected chi connectivity index (χ4v) is 4.13. The molecule has 1 aromatic heterocycles. The van der Waals surface area contributed by atoms with Gasteiger partial charge in [0.15, 0.2) is 6.10 Å². The van der Waals surface area contributed by atoms with Gasteiger partial charge in [-0.25, -0.2) is 4.98 Å². The van der Waals surface area contributed by atoms with E-state index >= 15 is 0 Å². The minimum Gasteiger partial charge on any atom is -0.383 e. The summed E-state index contributed by atoms with van der Waals surface area (Å²) in [7, 11) is 1.52. The van der Waals surface area contributed by atoms with Crippen LogP contribution in [0.2, 0.25) is 0 Å². The summed E-state index contributed by atoms with van der Waals surface area (Å²) in [5.41, 5.74) is 7.65. The Morgan fingerprint density at radius 1 is 1.23 bits per heavy atom. The first-order valence-electron chi connectivity index (χ1n) is 10.4. The van der Waals surface area contributed by atoms with Crippen LogP contribution in [0.1, 0.15) is 30.1 Å². The van der Waals surface area contributed by atoms with Crippen molar-refractivity contribution in [2.75, 3.05) is 19.4 Å². The first-order chi connectivity index (χ1) is 15.1. The summed E-state index contributed by atoms with van der Waals surface area (Å²) in [4.78, 5) is 31.8. The average molecular weight is 418 g/mol. The van der Waals surface area contributed by atoms with Gasteiger partial charge in [-0.15, -0.1) is 0 Å². The summed E-state index contributed by atoms with van der Waals surface area (Å²) in [6, 6.07) is 16.6. The number of hydrogen-bond donors (Lipinski definition) is 2. The van der Waals surface area contributed by atoms with Gasteiger partial charge in [0.25, 0.3) is 5.91 Å². The third-order valence-electron chi connectivity index (χ3n) is 5.73. The number of ether oxygens (including phenoxy) is 1. The van der Waals surface area contributed by atoms with Crippen LogP contribution < -0.4 is 11.1 Å². The van der Waals surface area contributed by atoms with Gasteiger partial charge in [0, 0.05) is 31.8 Å². The number of rotatable bonds is 6. The van der Waals surface area contributed by atoms with E-state index in [1.54, 1.807) is 11.1 Å². The zero-order valence-electron chi connectivity index (χ0n) is 17.5. The lowest BCUT2D eigenvalue weighted by atomic mass is 10.1. The summed E-state index contributed by atoms with van der Waals surface area (Å²) in [5.74, 6) is 0.155. The Labute approximate surface area is 181 Å². The van der Waals surface area contributed by atoms with Crippen molar-refractivity contribution in [3.05, 3.63) is 71.9 Å². The first-order valence-corrected chi connectivity index (χ1v) is 10.4. The predicted octanol–water partition coefficient (Wildman–Crippen LogP) is 2.81. The summed E-state index contributed by atoms with van der Waals surface area (Å²) in [6.45, 7) is 0.924. The fourth-order valence-electron chi connectivity index (χ4n) is 4.13. The number of likely N-dealkylation sites (tertiary alicyclic amines) is 1. The van der Waals surface area contributed by atoms with Crippen LogP contribution in [0.4, 0.5) is 5.82 Å². The number of benzene rings is 2. The maximum atomic E-state index is 13.1. The van der Waals surface area contributed by atoms with E-state index in [2.05, 4.69) is 10.3 Å². The van der Waals surface area contributed by atoms with Crippen molar-refractivity contribution in [1.82, 2.24) is 15.2 Å². The van der Waals surface area contributed by atoms with Crippen molar-refractivity contribution in [2.24, 2.45) is 0 Å². The third kappa shape index (κ3) is 4.36. The molecule has 2 aromatic carbocycles. The third-order valence-corrected chi connectivity index (χ3v) is 5.73. The Kier molecular flexibility index (Phi) is 6.13. The van der Waals surface area contributed by atoms with Gasteiger partial charge in [0.05, 0.1) is 0 Å². The zero-order chi connectivity index (χ0) is 21.8. The van der Waals surface area contributed by atoms with E-state index < -0.39 is 12.1 Å². The summed E-state index contributed by atoms with van der Waals surface area (Å²) >= 11 is 0. The molecule has 4 rings (SSSR count). The van der Waals surface area contributed by atoms with Crippen molar-refractivity contribution in [1.29, 1.82) is 0 Å². The maximum Gasteiger partial charge on any atom is 0.257 e. The van der Waals surface area contributed by atoms with E-state index in [9.17, 15) is 9.59 Å². The number of amides is 2. The van der Waals surface area contributed by atoms with Gasteiger partial charge in [-0.1, -0.05) is 42.5 Å². The molecule has 0 unspecified atom stereocenters. The van der Waals surface area contributed by atoms with Crippen molar-refractivity contribution in [3.63, 3.8) is 0 Å². The fraction of sp³-hybridized carbons (Fsp3) is 0.292. The van der Waals surface area contributed by atoms with Crippen molar-refractivity contribution in [2.45, 2.75) is 31.5 Å². The standard InChI is InChI=1S/C24H26N4O3/c1-31-21(17-6-3-2-4-7-17)24(30)28-13-5-8-20(28)23(29)27-15-16-9-10-19-18(14-16)11-12-26-22(19)25/h2-4,6-7,9-12,14,20-21H,5,8,13,15H2,1H3,(H2,25,26)(H,27,29)/t20-,21-/m0/s1. The van der Waals surface area contributed by atoms with Crippen LogP contribution in [0.15, 0.2) is 60.8 Å². The van der Waals surface area contributed by atoms with Crippen LogP contribution in [0.5, 0.6) is 0 Å². The van der Waals surface area contributed by atoms with Gasteiger partial charge in [-0.05, 0) is 41.5 Å². The van der Waals surface area contributed by atoms with Gasteiger partial charge in [0.2, 0.25) is 5.91 Å². The monoisotopic (exact) mass is 418 g/mol. The highest BCUT2D eigenvalue weighted by atomic mass is 16.5. The maximum absolute atomic E-state index is 13.1. The van der Waals surface area contributed by atoms with E-state index in [1.165, 1.54) is 7.11 Å². The number of fused-ring (bicyclic) bond motifs is 1. The SMILES string of the molecule is CO[C@H](C(=O)N1CCC[C@H]1C(=O)NCc1ccc2c(N)nccc2c1)c1ccccc1. The number of anilines is 1. The second kappa shape index (κ2) is 9.14. The molecule has 1 saturated heterocycles. The van der Waals surface area contributed by atoms with E-state index in [0.717, 1.165) is 28.3 Å². The molecule has 0 spiro atoms. The molecule has 0 aliphatic carbocycles. The molecular formula is C24H26N4O3. The number of nitrogens with two attached hydrogens (primary N) is 1. The lowest BCUT2D eigenvalue weighted by molar-refractivity contribution is -0.147. The van der Waals surface area contributed by atoms with Crippen LogP contribution in [0.3, 0.4) is 0 Å². The quantitative estimate of drug-likeness (QED) is 0.642. The number of hydrogen-bond acceptors (Lipinski definition) is 5. The molecule has 1 fully saturated rings. The van der Waals surface area contributed by atoms with Crippen LogP contribution >= 0.6 is 0 Å². The van der Waals surface area contributed by atoms with Crippen LogP contribution in [0.25, 0.3) is 10.8 Å². The molecule has 2 heterocycles. The Hall–Kier alpha value is -3.45. The number of carbonyl (C=O) groups is 2. The highest BCUT2D eigenvalue weighted by Gasteiger charge is 2.37. The molecule has 160 valence electrons. The molecule has 3 aromatic rings. The Bertz CT molecular complexity index is 1090. The van der Waals surface area contributed by atoms with Crippen molar-refractivity contribution in [3.8, 4) is 0 Å². The second-order valence-electron chi connectivity index (χ2n) is 7.69. The molecule has 0 radical (unpaired) electrons. The molecule has 2 atom stereocenters. The largest absolute Gasteiger partial charge is 0.383 e. The van der Waals surface area contributed by atoms with Crippen LogP contribution in [-0.2, 0) is 20.9 Å². The van der Waals surface area contributed by atoms with Gasteiger partial charge in [0.1, 0.15) is 11.9 Å². The summed E-state index contributed by atoms with van der Waals surface area (Å²) in [5, 5.41) is 4.84. The lowest BCUT2D eigenvalue weighted by Gasteiger charge is -2.27. The van der Waals surface area contributed by atoms with Gasteiger partial charge < -0.3 is 20.7 Å². The molecule has 1 aliphatic rings. The number of aromatic nitrogens is 1. The van der Waals surface area contributed by atoms with E-state index in [-0.39, 0.29) is 11.8 Å². The number of methoxy groups -OCH3 is 1. The Morgan fingerprint density at radius 2 is 2.03 bits per heavy atom. The Morgan fingerprint density at radius 3 is 2.81 bits per heavy atom. The Balaban J connectivity index is 1.43. The molecule has 2 amide bonds. The van der Waals surface area contributed by atoms with Gasteiger partial charge >= 0.3 is 0 Å². The molecule has 3 N–H and O–H groups in total. The molecule has 31 heavy (non-hydrogen) atoms. The highest BCUT2D eigenvalue weighted by Crippen LogP contribution is 2.26. The van der Waals surface area contributed by atoms with Gasteiger partial charge in [-0.3, -0.25) is 9.59 Å². The van der Waals surface area contributed by atoms with E-state index in [0.29, 0.717) is 25.3 Å². The predicted molar refractivity (Wildman–Crippen MR) is 119 cm³/mol. The molecule has 0 bridgehead atoms. The first kappa shape index (κ1) is 20.8. The second-order valence-corrected chi connectivity index (χ2v) is 7.69. The van der Waals surface area contributed by atoms with Crippen molar-refractivity contribution >= 4 is 28.4 Å². The minimum absolute atomic E-state index is 0.150. The number of nitrogens with one attached hydrogen (secondary N) is 1. The van der Waals surface area contributed by atoms with Crippen LogP contribution in [0, 0.1) is 0 Å². The van der Waals surface area contributed by atoms with Crippen LogP contribution in [-0.4, -0.2) is 41.4 Å². The topological polar surface area (TPSA) is 97.5 Å². The van der Waals surface area contributed by atoms with E-state index in [1.807, 2.05) is 54.6 Å². The minimum atomic E-state index is -0.714. The normalized spacial score (nSPS) is 16.9. The number of nitrogen functional groups attached to an aromatic ring is 1. The zero-order valence-corrected chi connectivity index (χ0v) is 17.5. The lowest BCUT2D eigenvalue weighted by Crippen LogP contribution is -2.47. The highest BCUT2D eigenvalue weighted by molar-refractivity contribution is 5.92. The molecular weight excluding hydrogens is 392 g/mol. The molecule has 1 aliphatic heterocycles. The molecule has 0 saturated carbocycles. The number of pyridine rings is 1. The smallest absolute Gasteiger partial charge is 0.257 e. The summed E-state index contributed by atoms with van der Waals surface area (Å²) in [6.07, 6.45) is 2.38. The average Bonchev–Trinajstić information content (AvgIpc) is 3.29. The molecule has 7 heteroatoms. The summed E-state index contributed by atoms with van der Waals surface area (Å²) < 4.78 is 5.48. The van der Waals surface area contributed by atoms with Gasteiger partial charge in [-0.2, -0.15) is 0 Å². The molecule has 7 nitrogen and oxygen atoms in total. The van der Waals surface area contributed by atoms with E-state index in [4.69, 9.17) is 10.5 Å². The van der Waals surface area contributed by atoms with Crippen molar-refractivity contribution < 1.29 is 14.3 Å². The number of nitrogens with zero attached hydrogens (tertiary/aromatic N) is 2.